The molecular weight excluding hydrogens is 244 g/mol. The van der Waals surface area contributed by atoms with Crippen LogP contribution in [0.3, 0.4) is 0 Å². The lowest BCUT2D eigenvalue weighted by molar-refractivity contribution is 0.384. The van der Waals surface area contributed by atoms with Gasteiger partial charge >= 0.3 is 0 Å². The zero-order chi connectivity index (χ0) is 13.2. The third kappa shape index (κ3) is 2.22. The predicted octanol–water partition coefficient (Wildman–Crippen LogP) is 1.68. The Labute approximate surface area is 109 Å². The minimum Gasteiger partial charge on any atom is -0.372 e. The molecule has 3 aromatic rings. The molecule has 0 aromatic carbocycles. The molecule has 7 nitrogen and oxygen atoms in total. The van der Waals surface area contributed by atoms with E-state index in [1.807, 2.05) is 36.8 Å². The second-order valence-electron chi connectivity index (χ2n) is 4.17. The largest absolute Gasteiger partial charge is 0.372 e. The van der Waals surface area contributed by atoms with E-state index in [4.69, 9.17) is 4.52 Å². The Bertz CT molecular complexity index is 701. The third-order valence-electron chi connectivity index (χ3n) is 2.74. The smallest absolute Gasteiger partial charge is 0.180 e. The maximum atomic E-state index is 5.15. The average molecular weight is 258 g/mol. The number of hydrogen-bond donors (Lipinski definition) is 2. The monoisotopic (exact) mass is 258 g/mol. The van der Waals surface area contributed by atoms with Crippen LogP contribution in [-0.2, 0) is 6.54 Å². The molecule has 0 unspecified atom stereocenters. The van der Waals surface area contributed by atoms with Gasteiger partial charge in [-0.1, -0.05) is 5.16 Å². The van der Waals surface area contributed by atoms with Gasteiger partial charge < -0.3 is 19.6 Å². The number of fused-ring (bicyclic) bond motifs is 1. The number of hydrogen-bond acceptors (Lipinski definition) is 6. The van der Waals surface area contributed by atoms with Gasteiger partial charge in [-0.25, -0.2) is 9.97 Å². The molecule has 0 bridgehead atoms. The van der Waals surface area contributed by atoms with E-state index in [1.54, 1.807) is 6.20 Å². The Morgan fingerprint density at radius 1 is 1.42 bits per heavy atom. The number of aryl methyl sites for hydroxylation is 1. The minimum absolute atomic E-state index is 0.517. The summed E-state index contributed by atoms with van der Waals surface area (Å²) in [7, 11) is 1.83. The second kappa shape index (κ2) is 4.60. The highest BCUT2D eigenvalue weighted by atomic mass is 16.5. The molecule has 3 aromatic heterocycles. The molecule has 0 aliphatic heterocycles. The first kappa shape index (κ1) is 11.5. The molecule has 0 radical (unpaired) electrons. The Balaban J connectivity index is 1.88. The predicted molar refractivity (Wildman–Crippen MR) is 71.1 cm³/mol. The number of anilines is 2. The SMILES string of the molecule is CNc1cn2ccnc2c(NCc2cc(C)no2)n1. The van der Waals surface area contributed by atoms with Crippen molar-refractivity contribution in [3.05, 3.63) is 36.1 Å². The first-order chi connectivity index (χ1) is 9.26. The number of rotatable bonds is 4. The molecule has 98 valence electrons. The molecular formula is C12H14N6O. The van der Waals surface area contributed by atoms with Crippen molar-refractivity contribution in [1.82, 2.24) is 19.5 Å². The molecule has 2 N–H and O–H groups in total. The van der Waals surface area contributed by atoms with Crippen LogP contribution >= 0.6 is 0 Å². The van der Waals surface area contributed by atoms with Crippen molar-refractivity contribution in [3.63, 3.8) is 0 Å². The van der Waals surface area contributed by atoms with Gasteiger partial charge in [0.1, 0.15) is 5.82 Å². The van der Waals surface area contributed by atoms with E-state index in [2.05, 4.69) is 25.8 Å². The lowest BCUT2D eigenvalue weighted by Crippen LogP contribution is -2.05. The molecule has 0 fully saturated rings. The van der Waals surface area contributed by atoms with Crippen molar-refractivity contribution in [2.75, 3.05) is 17.7 Å². The Hall–Kier alpha value is -2.57. The highest BCUT2D eigenvalue weighted by Gasteiger charge is 2.08. The lowest BCUT2D eigenvalue weighted by Gasteiger charge is -2.07. The first-order valence-electron chi connectivity index (χ1n) is 5.94. The van der Waals surface area contributed by atoms with E-state index in [0.717, 1.165) is 22.9 Å². The molecule has 0 saturated heterocycles. The summed E-state index contributed by atoms with van der Waals surface area (Å²) in [6.45, 7) is 2.41. The van der Waals surface area contributed by atoms with Gasteiger partial charge in [-0.3, -0.25) is 0 Å². The highest BCUT2D eigenvalue weighted by molar-refractivity contribution is 5.65. The average Bonchev–Trinajstić information content (AvgIpc) is 3.04. The van der Waals surface area contributed by atoms with Gasteiger partial charge in [-0.15, -0.1) is 0 Å². The van der Waals surface area contributed by atoms with E-state index < -0.39 is 0 Å². The van der Waals surface area contributed by atoms with Crippen molar-refractivity contribution >= 4 is 17.3 Å². The minimum atomic E-state index is 0.517. The van der Waals surface area contributed by atoms with Crippen LogP contribution in [0.4, 0.5) is 11.6 Å². The zero-order valence-corrected chi connectivity index (χ0v) is 10.7. The van der Waals surface area contributed by atoms with E-state index in [1.165, 1.54) is 0 Å². The maximum absolute atomic E-state index is 5.15. The van der Waals surface area contributed by atoms with Crippen LogP contribution in [0.1, 0.15) is 11.5 Å². The molecule has 7 heteroatoms. The van der Waals surface area contributed by atoms with Crippen molar-refractivity contribution in [2.45, 2.75) is 13.5 Å². The third-order valence-corrected chi connectivity index (χ3v) is 2.74. The topological polar surface area (TPSA) is 80.3 Å². The van der Waals surface area contributed by atoms with E-state index in [9.17, 15) is 0 Å². The van der Waals surface area contributed by atoms with Crippen LogP contribution in [0.25, 0.3) is 5.65 Å². The summed E-state index contributed by atoms with van der Waals surface area (Å²) in [5, 5.41) is 10.1. The summed E-state index contributed by atoms with van der Waals surface area (Å²) in [6, 6.07) is 1.89. The molecule has 3 heterocycles. The molecule has 3 rings (SSSR count). The van der Waals surface area contributed by atoms with Crippen LogP contribution in [0.15, 0.2) is 29.2 Å². The van der Waals surface area contributed by atoms with E-state index in [0.29, 0.717) is 12.4 Å². The van der Waals surface area contributed by atoms with Crippen molar-refractivity contribution in [3.8, 4) is 0 Å². The summed E-state index contributed by atoms with van der Waals surface area (Å²) >= 11 is 0. The fraction of sp³-hybridized carbons (Fsp3) is 0.250. The van der Waals surface area contributed by atoms with E-state index in [-0.39, 0.29) is 0 Å². The molecule has 19 heavy (non-hydrogen) atoms. The summed E-state index contributed by atoms with van der Waals surface area (Å²) in [5.74, 6) is 2.23. The normalized spacial score (nSPS) is 10.8. The maximum Gasteiger partial charge on any atom is 0.180 e. The molecule has 0 saturated carbocycles. The number of nitrogens with one attached hydrogen (secondary N) is 2. The Morgan fingerprint density at radius 2 is 2.32 bits per heavy atom. The standard InChI is InChI=1S/C12H14N6O/c1-8-5-9(19-17-8)6-15-11-12-14-3-4-18(12)7-10(13-2)16-11/h3-5,7,13H,6H2,1-2H3,(H,15,16). The molecule has 0 atom stereocenters. The fourth-order valence-corrected chi connectivity index (χ4v) is 1.84. The number of aromatic nitrogens is 4. The highest BCUT2D eigenvalue weighted by Crippen LogP contribution is 2.17. The van der Waals surface area contributed by atoms with Crippen LogP contribution in [0.5, 0.6) is 0 Å². The first-order valence-corrected chi connectivity index (χ1v) is 5.94. The van der Waals surface area contributed by atoms with Gasteiger partial charge in [-0.05, 0) is 6.92 Å². The number of imidazole rings is 1. The summed E-state index contributed by atoms with van der Waals surface area (Å²) in [6.07, 6.45) is 5.49. The zero-order valence-electron chi connectivity index (χ0n) is 10.7. The second-order valence-corrected chi connectivity index (χ2v) is 4.17. The molecule has 0 aliphatic carbocycles. The molecule has 0 aliphatic rings. The van der Waals surface area contributed by atoms with Crippen molar-refractivity contribution < 1.29 is 4.52 Å². The van der Waals surface area contributed by atoms with Gasteiger partial charge in [0.15, 0.2) is 17.2 Å². The van der Waals surface area contributed by atoms with Crippen LogP contribution in [-0.4, -0.2) is 26.6 Å². The van der Waals surface area contributed by atoms with Gasteiger partial charge in [0.05, 0.1) is 18.4 Å². The summed E-state index contributed by atoms with van der Waals surface area (Å²) in [4.78, 5) is 8.72. The van der Waals surface area contributed by atoms with Gasteiger partial charge in [0.2, 0.25) is 0 Å². The Morgan fingerprint density at radius 3 is 3.05 bits per heavy atom. The van der Waals surface area contributed by atoms with Crippen LogP contribution in [0, 0.1) is 6.92 Å². The van der Waals surface area contributed by atoms with Crippen LogP contribution in [0.2, 0.25) is 0 Å². The van der Waals surface area contributed by atoms with Gasteiger partial charge in [0, 0.05) is 25.5 Å². The lowest BCUT2D eigenvalue weighted by atomic mass is 10.4. The van der Waals surface area contributed by atoms with Crippen molar-refractivity contribution in [2.24, 2.45) is 0 Å². The van der Waals surface area contributed by atoms with Gasteiger partial charge in [0.25, 0.3) is 0 Å². The molecule has 0 spiro atoms. The quantitative estimate of drug-likeness (QED) is 0.741. The molecule has 0 amide bonds. The van der Waals surface area contributed by atoms with Crippen molar-refractivity contribution in [1.29, 1.82) is 0 Å². The summed E-state index contributed by atoms with van der Waals surface area (Å²) in [5.41, 5.74) is 1.63. The van der Waals surface area contributed by atoms with Crippen LogP contribution < -0.4 is 10.6 Å². The fourth-order valence-electron chi connectivity index (χ4n) is 1.84. The number of nitrogens with zero attached hydrogens (tertiary/aromatic N) is 4. The van der Waals surface area contributed by atoms with Gasteiger partial charge in [-0.2, -0.15) is 0 Å². The summed E-state index contributed by atoms with van der Waals surface area (Å²) < 4.78 is 7.06. The Kier molecular flexibility index (Phi) is 2.79. The van der Waals surface area contributed by atoms with E-state index >= 15 is 0 Å².